The maximum atomic E-state index is 12.0. The first kappa shape index (κ1) is 20.0. The normalized spacial score (nSPS) is 11.1. The highest BCUT2D eigenvalue weighted by molar-refractivity contribution is 5.79. The number of hydrogen-bond donors (Lipinski definition) is 0. The summed E-state index contributed by atoms with van der Waals surface area (Å²) in [7, 11) is 3.94. The molecule has 5 heteroatoms. The molecule has 1 heterocycles. The van der Waals surface area contributed by atoms with E-state index in [0.717, 1.165) is 37.0 Å². The van der Waals surface area contributed by atoms with Gasteiger partial charge in [0.2, 0.25) is 5.91 Å². The SMILES string of the molecule is CC(=O)CCCC(=O)N(C)CCCN(C)Cc1ccc2ncccc2c1. The van der Waals surface area contributed by atoms with Crippen LogP contribution in [-0.4, -0.2) is 53.7 Å². The van der Waals surface area contributed by atoms with Gasteiger partial charge in [-0.15, -0.1) is 0 Å². The summed E-state index contributed by atoms with van der Waals surface area (Å²) in [6.45, 7) is 4.11. The quantitative estimate of drug-likeness (QED) is 0.656. The summed E-state index contributed by atoms with van der Waals surface area (Å²) in [6, 6.07) is 10.4. The number of benzene rings is 1. The van der Waals surface area contributed by atoms with Gasteiger partial charge in [-0.05, 0) is 57.1 Å². The number of pyridine rings is 1. The summed E-state index contributed by atoms with van der Waals surface area (Å²) >= 11 is 0. The van der Waals surface area contributed by atoms with E-state index >= 15 is 0 Å². The lowest BCUT2D eigenvalue weighted by Gasteiger charge is -2.21. The first-order valence-electron chi connectivity index (χ1n) is 9.21. The lowest BCUT2D eigenvalue weighted by atomic mass is 10.1. The van der Waals surface area contributed by atoms with Gasteiger partial charge in [0.05, 0.1) is 5.52 Å². The van der Waals surface area contributed by atoms with E-state index in [1.807, 2.05) is 19.3 Å². The number of Topliss-reactive ketones (excluding diaryl/α,β-unsaturated/α-hetero) is 1. The van der Waals surface area contributed by atoms with Crippen molar-refractivity contribution in [3.63, 3.8) is 0 Å². The second kappa shape index (κ2) is 10.0. The number of ketones is 1. The molecule has 2 rings (SSSR count). The number of rotatable bonds is 10. The largest absolute Gasteiger partial charge is 0.346 e. The lowest BCUT2D eigenvalue weighted by Crippen LogP contribution is -2.30. The number of hydrogen-bond acceptors (Lipinski definition) is 4. The van der Waals surface area contributed by atoms with Crippen LogP contribution in [0.5, 0.6) is 0 Å². The van der Waals surface area contributed by atoms with E-state index < -0.39 is 0 Å². The van der Waals surface area contributed by atoms with Gasteiger partial charge in [0.25, 0.3) is 0 Å². The Morgan fingerprint density at radius 2 is 1.85 bits per heavy atom. The van der Waals surface area contributed by atoms with E-state index in [1.165, 1.54) is 5.56 Å². The second-order valence-corrected chi connectivity index (χ2v) is 6.99. The van der Waals surface area contributed by atoms with E-state index in [4.69, 9.17) is 0 Å². The van der Waals surface area contributed by atoms with Gasteiger partial charge in [-0.3, -0.25) is 9.78 Å². The summed E-state index contributed by atoms with van der Waals surface area (Å²) in [5.74, 6) is 0.266. The van der Waals surface area contributed by atoms with E-state index in [9.17, 15) is 9.59 Å². The Morgan fingerprint density at radius 3 is 2.62 bits per heavy atom. The Bertz CT molecular complexity index is 745. The summed E-state index contributed by atoms with van der Waals surface area (Å²) in [5, 5.41) is 1.16. The summed E-state index contributed by atoms with van der Waals surface area (Å²) in [6.07, 6.45) is 4.34. The highest BCUT2D eigenvalue weighted by atomic mass is 16.2. The molecule has 0 aliphatic rings. The van der Waals surface area contributed by atoms with E-state index in [-0.39, 0.29) is 11.7 Å². The van der Waals surface area contributed by atoms with Gasteiger partial charge in [0.15, 0.2) is 0 Å². The lowest BCUT2D eigenvalue weighted by molar-refractivity contribution is -0.130. The van der Waals surface area contributed by atoms with Crippen LogP contribution in [0.2, 0.25) is 0 Å². The van der Waals surface area contributed by atoms with Crippen LogP contribution in [0.4, 0.5) is 0 Å². The number of carbonyl (C=O) groups excluding carboxylic acids is 2. The molecule has 0 aliphatic heterocycles. The molecule has 1 aromatic heterocycles. The minimum Gasteiger partial charge on any atom is -0.346 e. The van der Waals surface area contributed by atoms with Crippen molar-refractivity contribution in [2.24, 2.45) is 0 Å². The van der Waals surface area contributed by atoms with Gasteiger partial charge in [-0.25, -0.2) is 0 Å². The summed E-state index contributed by atoms with van der Waals surface area (Å²) in [5.41, 5.74) is 2.28. The van der Waals surface area contributed by atoms with Crippen molar-refractivity contribution in [3.05, 3.63) is 42.1 Å². The Hall–Kier alpha value is -2.27. The standard InChI is InChI=1S/C21H29N3O2/c1-17(25)7-4-9-21(26)24(3)14-6-13-23(2)16-18-10-11-20-19(15-18)8-5-12-22-20/h5,8,10-12,15H,4,6-7,9,13-14,16H2,1-3H3. The first-order valence-corrected chi connectivity index (χ1v) is 9.21. The molecule has 0 spiro atoms. The Kier molecular flexibility index (Phi) is 7.73. The third-order valence-corrected chi connectivity index (χ3v) is 4.50. The van der Waals surface area contributed by atoms with Crippen molar-refractivity contribution in [3.8, 4) is 0 Å². The molecular formula is C21H29N3O2. The molecule has 0 aliphatic carbocycles. The average Bonchev–Trinajstić information content (AvgIpc) is 2.61. The minimum atomic E-state index is 0.121. The van der Waals surface area contributed by atoms with Crippen molar-refractivity contribution in [2.45, 2.75) is 39.2 Å². The zero-order valence-electron chi connectivity index (χ0n) is 16.1. The van der Waals surface area contributed by atoms with Gasteiger partial charge >= 0.3 is 0 Å². The second-order valence-electron chi connectivity index (χ2n) is 6.99. The monoisotopic (exact) mass is 355 g/mol. The molecule has 1 aromatic carbocycles. The van der Waals surface area contributed by atoms with Crippen molar-refractivity contribution in [1.82, 2.24) is 14.8 Å². The summed E-state index contributed by atoms with van der Waals surface area (Å²) < 4.78 is 0. The fourth-order valence-corrected chi connectivity index (χ4v) is 3.00. The molecule has 140 valence electrons. The number of carbonyl (C=O) groups is 2. The molecule has 0 N–H and O–H groups in total. The predicted octanol–water partition coefficient (Wildman–Crippen LogP) is 3.27. The van der Waals surface area contributed by atoms with E-state index in [0.29, 0.717) is 19.3 Å². The van der Waals surface area contributed by atoms with Gasteiger partial charge in [0.1, 0.15) is 5.78 Å². The molecule has 26 heavy (non-hydrogen) atoms. The van der Waals surface area contributed by atoms with Crippen LogP contribution < -0.4 is 0 Å². The molecule has 0 bridgehead atoms. The molecule has 5 nitrogen and oxygen atoms in total. The molecule has 0 radical (unpaired) electrons. The number of nitrogens with zero attached hydrogens (tertiary/aromatic N) is 3. The highest BCUT2D eigenvalue weighted by Crippen LogP contribution is 2.14. The van der Waals surface area contributed by atoms with Crippen molar-refractivity contribution in [2.75, 3.05) is 27.2 Å². The smallest absolute Gasteiger partial charge is 0.222 e. The van der Waals surface area contributed by atoms with Gasteiger partial charge < -0.3 is 14.6 Å². The van der Waals surface area contributed by atoms with Crippen LogP contribution in [0.3, 0.4) is 0 Å². The number of aromatic nitrogens is 1. The third kappa shape index (κ3) is 6.56. The van der Waals surface area contributed by atoms with E-state index in [2.05, 4.69) is 41.2 Å². The molecular weight excluding hydrogens is 326 g/mol. The summed E-state index contributed by atoms with van der Waals surface area (Å²) in [4.78, 5) is 31.3. The van der Waals surface area contributed by atoms with Gasteiger partial charge in [-0.2, -0.15) is 0 Å². The number of amides is 1. The fraction of sp³-hybridized carbons (Fsp3) is 0.476. The van der Waals surface area contributed by atoms with Crippen molar-refractivity contribution < 1.29 is 9.59 Å². The maximum absolute atomic E-state index is 12.0. The molecule has 0 unspecified atom stereocenters. The van der Waals surface area contributed by atoms with E-state index in [1.54, 1.807) is 11.8 Å². The molecule has 2 aromatic rings. The maximum Gasteiger partial charge on any atom is 0.222 e. The van der Waals surface area contributed by atoms with Crippen LogP contribution in [0, 0.1) is 0 Å². The molecule has 0 atom stereocenters. The van der Waals surface area contributed by atoms with Crippen molar-refractivity contribution in [1.29, 1.82) is 0 Å². The zero-order valence-corrected chi connectivity index (χ0v) is 16.1. The van der Waals surface area contributed by atoms with Crippen LogP contribution in [-0.2, 0) is 16.1 Å². The Morgan fingerprint density at radius 1 is 1.04 bits per heavy atom. The zero-order chi connectivity index (χ0) is 18.9. The minimum absolute atomic E-state index is 0.121. The van der Waals surface area contributed by atoms with Gasteiger partial charge in [0, 0.05) is 44.6 Å². The third-order valence-electron chi connectivity index (χ3n) is 4.50. The topological polar surface area (TPSA) is 53.5 Å². The number of fused-ring (bicyclic) bond motifs is 1. The van der Waals surface area contributed by atoms with Crippen LogP contribution in [0.1, 0.15) is 38.2 Å². The van der Waals surface area contributed by atoms with Crippen LogP contribution in [0.25, 0.3) is 10.9 Å². The highest BCUT2D eigenvalue weighted by Gasteiger charge is 2.09. The predicted molar refractivity (Wildman–Crippen MR) is 105 cm³/mol. The molecule has 1 amide bonds. The Balaban J connectivity index is 1.71. The fourth-order valence-electron chi connectivity index (χ4n) is 3.00. The Labute approximate surface area is 156 Å². The van der Waals surface area contributed by atoms with Crippen molar-refractivity contribution >= 4 is 22.6 Å². The molecule has 0 saturated carbocycles. The first-order chi connectivity index (χ1) is 12.5. The van der Waals surface area contributed by atoms with Crippen LogP contribution in [0.15, 0.2) is 36.5 Å². The molecule has 0 fully saturated rings. The van der Waals surface area contributed by atoms with Crippen LogP contribution >= 0.6 is 0 Å². The average molecular weight is 355 g/mol. The molecule has 0 saturated heterocycles. The van der Waals surface area contributed by atoms with Gasteiger partial charge in [-0.1, -0.05) is 12.1 Å².